The van der Waals surface area contributed by atoms with E-state index in [2.05, 4.69) is 0 Å². The number of nitrogen functional groups attached to an aromatic ring is 1. The Morgan fingerprint density at radius 2 is 2.00 bits per heavy atom. The molecular formula is C13H18N2O4. The van der Waals surface area contributed by atoms with Gasteiger partial charge in [-0.1, -0.05) is 6.07 Å². The predicted molar refractivity (Wildman–Crippen MR) is 71.2 cm³/mol. The lowest BCUT2D eigenvalue weighted by Crippen LogP contribution is -2.35. The van der Waals surface area contributed by atoms with Crippen LogP contribution < -0.4 is 10.5 Å². The third-order valence-electron chi connectivity index (χ3n) is 3.16. The molecule has 2 rings (SSSR count). The minimum atomic E-state index is -0.503. The highest BCUT2D eigenvalue weighted by atomic mass is 16.6. The number of nitrogens with two attached hydrogens (primary N) is 1. The molecule has 1 aliphatic heterocycles. The molecule has 0 aromatic heterocycles. The fraction of sp³-hybridized carbons (Fsp3) is 0.538. The van der Waals surface area contributed by atoms with Crippen LogP contribution in [0.25, 0.3) is 0 Å². The van der Waals surface area contributed by atoms with Gasteiger partial charge in [0.1, 0.15) is 11.8 Å². The second-order valence-corrected chi connectivity index (χ2v) is 4.92. The number of para-hydroxylation sites is 1. The fourth-order valence-corrected chi connectivity index (χ4v) is 2.45. The summed E-state index contributed by atoms with van der Waals surface area (Å²) in [5.41, 5.74) is 5.60. The summed E-state index contributed by atoms with van der Waals surface area (Å²) < 4.78 is 11.4. The van der Waals surface area contributed by atoms with Crippen molar-refractivity contribution in [1.29, 1.82) is 0 Å². The first kappa shape index (κ1) is 13.6. The van der Waals surface area contributed by atoms with Crippen LogP contribution in [0.2, 0.25) is 0 Å². The van der Waals surface area contributed by atoms with Crippen LogP contribution >= 0.6 is 0 Å². The van der Waals surface area contributed by atoms with E-state index in [1.165, 1.54) is 6.07 Å². The summed E-state index contributed by atoms with van der Waals surface area (Å²) in [6.07, 6.45) is 1.54. The summed E-state index contributed by atoms with van der Waals surface area (Å²) >= 11 is 0. The van der Waals surface area contributed by atoms with Gasteiger partial charge in [0.25, 0.3) is 0 Å². The second kappa shape index (κ2) is 5.44. The molecule has 6 heteroatoms. The molecule has 0 radical (unpaired) electrons. The van der Waals surface area contributed by atoms with E-state index >= 15 is 0 Å². The molecule has 0 spiro atoms. The van der Waals surface area contributed by atoms with E-state index in [1.54, 1.807) is 12.1 Å². The number of nitro benzene ring substituents is 1. The molecule has 6 nitrogen and oxygen atoms in total. The van der Waals surface area contributed by atoms with Crippen LogP contribution in [0.1, 0.15) is 26.7 Å². The van der Waals surface area contributed by atoms with Gasteiger partial charge in [0.05, 0.1) is 17.1 Å². The number of ether oxygens (including phenoxy) is 2. The molecule has 0 bridgehead atoms. The molecule has 1 heterocycles. The smallest absolute Gasteiger partial charge is 0.333 e. The summed E-state index contributed by atoms with van der Waals surface area (Å²) in [5, 5.41) is 11.0. The Labute approximate surface area is 111 Å². The van der Waals surface area contributed by atoms with Crippen molar-refractivity contribution in [3.8, 4) is 5.75 Å². The maximum atomic E-state index is 11.0. The van der Waals surface area contributed by atoms with Crippen LogP contribution in [-0.2, 0) is 4.74 Å². The van der Waals surface area contributed by atoms with E-state index in [4.69, 9.17) is 15.2 Å². The van der Waals surface area contributed by atoms with Crippen LogP contribution in [-0.4, -0.2) is 23.2 Å². The molecule has 2 atom stereocenters. The third kappa shape index (κ3) is 3.14. The average Bonchev–Trinajstić information content (AvgIpc) is 2.26. The van der Waals surface area contributed by atoms with Crippen LogP contribution in [0.5, 0.6) is 5.75 Å². The molecule has 2 unspecified atom stereocenters. The summed E-state index contributed by atoms with van der Waals surface area (Å²) in [6.45, 7) is 3.94. The van der Waals surface area contributed by atoms with E-state index < -0.39 is 4.92 Å². The molecule has 1 aromatic rings. The van der Waals surface area contributed by atoms with Crippen molar-refractivity contribution in [1.82, 2.24) is 0 Å². The van der Waals surface area contributed by atoms with Gasteiger partial charge in [-0.3, -0.25) is 10.1 Å². The molecule has 0 aliphatic carbocycles. The zero-order valence-corrected chi connectivity index (χ0v) is 11.0. The van der Waals surface area contributed by atoms with Crippen molar-refractivity contribution in [2.45, 2.75) is 45.0 Å². The Morgan fingerprint density at radius 3 is 2.58 bits per heavy atom. The molecule has 1 saturated heterocycles. The Morgan fingerprint density at radius 1 is 1.37 bits per heavy atom. The summed E-state index contributed by atoms with van der Waals surface area (Å²) in [7, 11) is 0. The van der Waals surface area contributed by atoms with E-state index in [9.17, 15) is 10.1 Å². The van der Waals surface area contributed by atoms with Gasteiger partial charge >= 0.3 is 5.69 Å². The van der Waals surface area contributed by atoms with Crippen molar-refractivity contribution in [2.75, 3.05) is 5.73 Å². The summed E-state index contributed by atoms with van der Waals surface area (Å²) in [5.74, 6) is 0.233. The highest BCUT2D eigenvalue weighted by Gasteiger charge is 2.28. The number of hydrogen-bond donors (Lipinski definition) is 1. The standard InChI is InChI=1S/C13H18N2O4/c1-8-6-10(7-9(2)18-8)19-12-5-3-4-11(14)13(12)15(16)17/h3-5,8-10H,6-7,14H2,1-2H3. The monoisotopic (exact) mass is 266 g/mol. The van der Waals surface area contributed by atoms with Crippen molar-refractivity contribution >= 4 is 11.4 Å². The first-order valence-electron chi connectivity index (χ1n) is 6.32. The normalized spacial score (nSPS) is 26.9. The maximum Gasteiger partial charge on any atom is 0.333 e. The fourth-order valence-electron chi connectivity index (χ4n) is 2.45. The molecule has 1 aliphatic rings. The Kier molecular flexibility index (Phi) is 3.90. The van der Waals surface area contributed by atoms with Crippen LogP contribution in [0.3, 0.4) is 0 Å². The number of rotatable bonds is 3. The van der Waals surface area contributed by atoms with E-state index in [-0.39, 0.29) is 35.4 Å². The molecule has 1 fully saturated rings. The van der Waals surface area contributed by atoms with Crippen molar-refractivity contribution in [3.05, 3.63) is 28.3 Å². The molecule has 104 valence electrons. The predicted octanol–water partition coefficient (Wildman–Crippen LogP) is 2.51. The maximum absolute atomic E-state index is 11.0. The van der Waals surface area contributed by atoms with Crippen molar-refractivity contribution in [3.63, 3.8) is 0 Å². The van der Waals surface area contributed by atoms with E-state index in [0.29, 0.717) is 0 Å². The summed E-state index contributed by atoms with van der Waals surface area (Å²) in [4.78, 5) is 10.5. The number of nitro groups is 1. The SMILES string of the molecule is CC1CC(Oc2cccc(N)c2[N+](=O)[O-])CC(C)O1. The number of nitrogens with zero attached hydrogens (tertiary/aromatic N) is 1. The molecule has 2 N–H and O–H groups in total. The first-order valence-corrected chi connectivity index (χ1v) is 6.32. The second-order valence-electron chi connectivity index (χ2n) is 4.92. The number of hydrogen-bond acceptors (Lipinski definition) is 5. The lowest BCUT2D eigenvalue weighted by molar-refractivity contribution is -0.385. The van der Waals surface area contributed by atoms with Crippen LogP contribution in [0, 0.1) is 10.1 Å². The number of anilines is 1. The summed E-state index contributed by atoms with van der Waals surface area (Å²) in [6, 6.07) is 4.74. The highest BCUT2D eigenvalue weighted by molar-refractivity contribution is 5.65. The lowest BCUT2D eigenvalue weighted by Gasteiger charge is -2.32. The van der Waals surface area contributed by atoms with Crippen molar-refractivity contribution in [2.24, 2.45) is 0 Å². The zero-order chi connectivity index (χ0) is 14.0. The van der Waals surface area contributed by atoms with Gasteiger partial charge in [-0.05, 0) is 26.0 Å². The highest BCUT2D eigenvalue weighted by Crippen LogP contribution is 2.35. The van der Waals surface area contributed by atoms with Gasteiger partial charge in [0, 0.05) is 12.8 Å². The van der Waals surface area contributed by atoms with E-state index in [1.807, 2.05) is 13.8 Å². The topological polar surface area (TPSA) is 87.6 Å². The molecular weight excluding hydrogens is 248 g/mol. The minimum absolute atomic E-state index is 0.0840. The first-order chi connectivity index (χ1) is 8.97. The Bertz CT molecular complexity index is 468. The average molecular weight is 266 g/mol. The van der Waals surface area contributed by atoms with Crippen LogP contribution in [0.15, 0.2) is 18.2 Å². The minimum Gasteiger partial charge on any atom is -0.483 e. The molecule has 0 amide bonds. The number of benzene rings is 1. The molecule has 0 saturated carbocycles. The Hall–Kier alpha value is -1.82. The van der Waals surface area contributed by atoms with E-state index in [0.717, 1.165) is 12.8 Å². The van der Waals surface area contributed by atoms with Crippen molar-refractivity contribution < 1.29 is 14.4 Å². The van der Waals surface area contributed by atoms with Gasteiger partial charge in [0.2, 0.25) is 0 Å². The van der Waals surface area contributed by atoms with Gasteiger partial charge in [-0.15, -0.1) is 0 Å². The van der Waals surface area contributed by atoms with Gasteiger partial charge < -0.3 is 15.2 Å². The zero-order valence-electron chi connectivity index (χ0n) is 11.0. The Balaban J connectivity index is 2.19. The van der Waals surface area contributed by atoms with Gasteiger partial charge in [-0.2, -0.15) is 0 Å². The van der Waals surface area contributed by atoms with Gasteiger partial charge in [0.15, 0.2) is 5.75 Å². The third-order valence-corrected chi connectivity index (χ3v) is 3.16. The van der Waals surface area contributed by atoms with Gasteiger partial charge in [-0.25, -0.2) is 0 Å². The molecule has 1 aromatic carbocycles. The quantitative estimate of drug-likeness (QED) is 0.516. The largest absolute Gasteiger partial charge is 0.483 e. The molecule has 19 heavy (non-hydrogen) atoms. The lowest BCUT2D eigenvalue weighted by atomic mass is 10.0. The van der Waals surface area contributed by atoms with Crippen LogP contribution in [0.4, 0.5) is 11.4 Å².